The lowest BCUT2D eigenvalue weighted by Gasteiger charge is -2.06. The Labute approximate surface area is 138 Å². The van der Waals surface area contributed by atoms with E-state index in [0.29, 0.717) is 38.4 Å². The van der Waals surface area contributed by atoms with E-state index in [4.69, 9.17) is 5.11 Å². The van der Waals surface area contributed by atoms with E-state index in [2.05, 4.69) is 4.74 Å². The van der Waals surface area contributed by atoms with E-state index >= 15 is 0 Å². The molecule has 1 heterocycles. The van der Waals surface area contributed by atoms with Crippen LogP contribution in [0.15, 0.2) is 18.2 Å². The highest BCUT2D eigenvalue weighted by molar-refractivity contribution is 5.87. The first-order valence-corrected chi connectivity index (χ1v) is 7.61. The first-order valence-electron chi connectivity index (χ1n) is 7.61. The van der Waals surface area contributed by atoms with Gasteiger partial charge in [-0.15, -0.1) is 0 Å². The van der Waals surface area contributed by atoms with Gasteiger partial charge in [0.25, 0.3) is 0 Å². The van der Waals surface area contributed by atoms with E-state index in [-0.39, 0.29) is 23.9 Å². The van der Waals surface area contributed by atoms with Crippen LogP contribution in [0.3, 0.4) is 0 Å². The molecule has 0 saturated carbocycles. The summed E-state index contributed by atoms with van der Waals surface area (Å²) in [7, 11) is 0. The second-order valence-corrected chi connectivity index (χ2v) is 5.27. The molecule has 1 aromatic rings. The van der Waals surface area contributed by atoms with Crippen LogP contribution in [0.5, 0.6) is 0 Å². The normalized spacial score (nSPS) is 13.5. The van der Waals surface area contributed by atoms with Gasteiger partial charge >= 0.3 is 17.9 Å². The Bertz CT molecular complexity index is 597. The number of aldehydes is 1. The van der Waals surface area contributed by atoms with Crippen molar-refractivity contribution in [2.75, 3.05) is 0 Å². The van der Waals surface area contributed by atoms with Gasteiger partial charge in [0.2, 0.25) is 0 Å². The van der Waals surface area contributed by atoms with Crippen LogP contribution in [0.25, 0.3) is 0 Å². The lowest BCUT2D eigenvalue weighted by Crippen LogP contribution is -2.17. The standard InChI is InChI=1S/C12H13FO3.C5H6O3/c13-11-6-5-9(7-10(11)8-14)3-1-2-4-12(15)16;6-4-2-1-3-5(7)8-4/h5-8H,1-4H2,(H,15,16);1-3H2. The number of halogens is 1. The first kappa shape index (κ1) is 19.5. The molecular formula is C17H19FO6. The number of aliphatic carboxylic acids is 1. The van der Waals surface area contributed by atoms with Gasteiger partial charge in [0.05, 0.1) is 5.56 Å². The molecule has 7 heteroatoms. The van der Waals surface area contributed by atoms with E-state index in [0.717, 1.165) is 12.0 Å². The number of rotatable bonds is 6. The molecule has 0 unspecified atom stereocenters. The molecule has 0 radical (unpaired) electrons. The highest BCUT2D eigenvalue weighted by Gasteiger charge is 2.15. The third-order valence-corrected chi connectivity index (χ3v) is 3.28. The molecule has 1 aliphatic rings. The average Bonchev–Trinajstić information content (AvgIpc) is 2.53. The second-order valence-electron chi connectivity index (χ2n) is 5.27. The number of cyclic esters (lactones) is 2. The number of carbonyl (C=O) groups is 4. The minimum absolute atomic E-state index is 0.0516. The van der Waals surface area contributed by atoms with Gasteiger partial charge in [-0.25, -0.2) is 4.39 Å². The number of ether oxygens (including phenoxy) is 1. The van der Waals surface area contributed by atoms with Crippen molar-refractivity contribution in [3.05, 3.63) is 35.1 Å². The highest BCUT2D eigenvalue weighted by atomic mass is 19.1. The molecule has 0 atom stereocenters. The van der Waals surface area contributed by atoms with Gasteiger partial charge in [0.15, 0.2) is 6.29 Å². The molecule has 0 bridgehead atoms. The van der Waals surface area contributed by atoms with Crippen LogP contribution in [-0.2, 0) is 25.5 Å². The Morgan fingerprint density at radius 1 is 1.21 bits per heavy atom. The molecule has 1 N–H and O–H groups in total. The predicted octanol–water partition coefficient (Wildman–Crippen LogP) is 2.68. The van der Waals surface area contributed by atoms with Gasteiger partial charge in [0, 0.05) is 19.3 Å². The zero-order valence-corrected chi connectivity index (χ0v) is 13.1. The van der Waals surface area contributed by atoms with E-state index in [1.54, 1.807) is 6.07 Å². The van der Waals surface area contributed by atoms with Gasteiger partial charge < -0.3 is 9.84 Å². The maximum absolute atomic E-state index is 13.0. The van der Waals surface area contributed by atoms with Crippen LogP contribution in [0.4, 0.5) is 4.39 Å². The molecule has 1 saturated heterocycles. The van der Waals surface area contributed by atoms with Crippen molar-refractivity contribution in [3.8, 4) is 0 Å². The minimum Gasteiger partial charge on any atom is -0.481 e. The number of esters is 2. The Hall–Kier alpha value is -2.57. The summed E-state index contributed by atoms with van der Waals surface area (Å²) in [5.41, 5.74) is 0.907. The molecule has 0 aliphatic carbocycles. The van der Waals surface area contributed by atoms with E-state index < -0.39 is 11.8 Å². The van der Waals surface area contributed by atoms with Gasteiger partial charge in [0.1, 0.15) is 5.82 Å². The molecule has 6 nitrogen and oxygen atoms in total. The lowest BCUT2D eigenvalue weighted by molar-refractivity contribution is -0.163. The molecule has 0 spiro atoms. The van der Waals surface area contributed by atoms with Gasteiger partial charge in [-0.3, -0.25) is 19.2 Å². The number of hydrogen-bond acceptors (Lipinski definition) is 5. The summed E-state index contributed by atoms with van der Waals surface area (Å²) >= 11 is 0. The number of carbonyl (C=O) groups excluding carboxylic acids is 3. The summed E-state index contributed by atoms with van der Waals surface area (Å²) in [6.07, 6.45) is 4.03. The fourth-order valence-corrected chi connectivity index (χ4v) is 2.05. The Balaban J connectivity index is 0.000000300. The SMILES string of the molecule is O=C1CCCC(=O)O1.O=Cc1cc(CCCCC(=O)O)ccc1F. The molecule has 1 aromatic carbocycles. The monoisotopic (exact) mass is 338 g/mol. The van der Waals surface area contributed by atoms with Gasteiger partial charge in [-0.2, -0.15) is 0 Å². The Kier molecular flexibility index (Phi) is 8.32. The number of carboxylic acid groups (broad SMARTS) is 1. The van der Waals surface area contributed by atoms with Crippen molar-refractivity contribution in [3.63, 3.8) is 0 Å². The van der Waals surface area contributed by atoms with E-state index in [9.17, 15) is 23.6 Å². The number of hydrogen-bond donors (Lipinski definition) is 1. The van der Waals surface area contributed by atoms with Crippen molar-refractivity contribution < 1.29 is 33.4 Å². The van der Waals surface area contributed by atoms with Crippen molar-refractivity contribution >= 4 is 24.2 Å². The van der Waals surface area contributed by atoms with Crippen molar-refractivity contribution in [1.82, 2.24) is 0 Å². The summed E-state index contributed by atoms with van der Waals surface area (Å²) in [6.45, 7) is 0. The van der Waals surface area contributed by atoms with Crippen molar-refractivity contribution in [2.24, 2.45) is 0 Å². The van der Waals surface area contributed by atoms with E-state index in [1.807, 2.05) is 0 Å². The highest BCUT2D eigenvalue weighted by Crippen LogP contribution is 2.12. The number of carboxylic acids is 1. The van der Waals surface area contributed by atoms with Crippen LogP contribution in [0, 0.1) is 5.82 Å². The number of aryl methyl sites for hydroxylation is 1. The minimum atomic E-state index is -0.812. The average molecular weight is 338 g/mol. The topological polar surface area (TPSA) is 97.7 Å². The molecule has 2 rings (SSSR count). The predicted molar refractivity (Wildman–Crippen MR) is 81.9 cm³/mol. The number of unbranched alkanes of at least 4 members (excludes halogenated alkanes) is 1. The molecule has 0 aromatic heterocycles. The zero-order valence-electron chi connectivity index (χ0n) is 13.1. The summed E-state index contributed by atoms with van der Waals surface area (Å²) in [5.74, 6) is -2.11. The third-order valence-electron chi connectivity index (χ3n) is 3.28. The molecule has 1 aliphatic heterocycles. The first-order chi connectivity index (χ1) is 11.4. The van der Waals surface area contributed by atoms with Crippen LogP contribution < -0.4 is 0 Å². The number of benzene rings is 1. The van der Waals surface area contributed by atoms with Gasteiger partial charge in [-0.1, -0.05) is 6.07 Å². The van der Waals surface area contributed by atoms with Crippen LogP contribution >= 0.6 is 0 Å². The van der Waals surface area contributed by atoms with Crippen molar-refractivity contribution in [2.45, 2.75) is 44.9 Å². The second kappa shape index (κ2) is 10.3. The largest absolute Gasteiger partial charge is 0.481 e. The van der Waals surface area contributed by atoms with Gasteiger partial charge in [-0.05, 0) is 43.4 Å². The summed E-state index contributed by atoms with van der Waals surface area (Å²) in [6, 6.07) is 4.38. The van der Waals surface area contributed by atoms with Crippen LogP contribution in [0.1, 0.15) is 54.4 Å². The molecular weight excluding hydrogens is 319 g/mol. The molecule has 0 amide bonds. The van der Waals surface area contributed by atoms with Crippen LogP contribution in [-0.4, -0.2) is 29.3 Å². The molecule has 1 fully saturated rings. The van der Waals surface area contributed by atoms with Crippen LogP contribution in [0.2, 0.25) is 0 Å². The van der Waals surface area contributed by atoms with Crippen molar-refractivity contribution in [1.29, 1.82) is 0 Å². The van der Waals surface area contributed by atoms with E-state index in [1.165, 1.54) is 12.1 Å². The zero-order chi connectivity index (χ0) is 17.9. The molecule has 24 heavy (non-hydrogen) atoms. The summed E-state index contributed by atoms with van der Waals surface area (Å²) < 4.78 is 17.2. The maximum atomic E-state index is 13.0. The maximum Gasteiger partial charge on any atom is 0.313 e. The fraction of sp³-hybridized carbons (Fsp3) is 0.412. The molecule has 130 valence electrons. The Morgan fingerprint density at radius 3 is 2.38 bits per heavy atom. The lowest BCUT2D eigenvalue weighted by atomic mass is 10.0. The fourth-order valence-electron chi connectivity index (χ4n) is 2.05. The summed E-state index contributed by atoms with van der Waals surface area (Å²) in [4.78, 5) is 41.2. The third kappa shape index (κ3) is 7.62. The quantitative estimate of drug-likeness (QED) is 0.371. The Morgan fingerprint density at radius 2 is 1.88 bits per heavy atom. The smallest absolute Gasteiger partial charge is 0.313 e. The summed E-state index contributed by atoms with van der Waals surface area (Å²) in [5, 5.41) is 8.43.